The molecule has 2 aromatic rings. The number of hydrogen-bond acceptors (Lipinski definition) is 3. The largest absolute Gasteiger partial charge is 0.341 e. The zero-order valence-corrected chi connectivity index (χ0v) is 10.7. The van der Waals surface area contributed by atoms with Gasteiger partial charge in [0.15, 0.2) is 0 Å². The number of imidazole rings is 1. The van der Waals surface area contributed by atoms with Crippen LogP contribution in [0, 0.1) is 0 Å². The van der Waals surface area contributed by atoms with Gasteiger partial charge in [0.05, 0.1) is 22.8 Å². The Hall–Kier alpha value is -0.840. The molecule has 0 aliphatic heterocycles. The van der Waals surface area contributed by atoms with E-state index in [9.17, 15) is 0 Å². The van der Waals surface area contributed by atoms with E-state index in [0.29, 0.717) is 0 Å². The van der Waals surface area contributed by atoms with Gasteiger partial charge >= 0.3 is 0 Å². The van der Waals surface area contributed by atoms with E-state index in [1.165, 1.54) is 11.3 Å². The van der Waals surface area contributed by atoms with E-state index in [1.807, 2.05) is 17.6 Å². The van der Waals surface area contributed by atoms with Crippen LogP contribution in [0.1, 0.15) is 19.2 Å². The quantitative estimate of drug-likeness (QED) is 0.805. The lowest BCUT2D eigenvalue weighted by Gasteiger charge is -1.98. The number of H-pyrrole nitrogens is 1. The Morgan fingerprint density at radius 3 is 3.12 bits per heavy atom. The van der Waals surface area contributed by atoms with Crippen LogP contribution < -0.4 is 5.32 Å². The Morgan fingerprint density at radius 1 is 1.56 bits per heavy atom. The van der Waals surface area contributed by atoms with E-state index in [1.54, 1.807) is 0 Å². The lowest BCUT2D eigenvalue weighted by atomic mass is 10.3. The average Bonchev–Trinajstić information content (AvgIpc) is 2.87. The van der Waals surface area contributed by atoms with E-state index in [-0.39, 0.29) is 0 Å². The zero-order valence-electron chi connectivity index (χ0n) is 9.09. The zero-order chi connectivity index (χ0) is 11.4. The molecule has 0 aromatic carbocycles. The van der Waals surface area contributed by atoms with E-state index in [4.69, 9.17) is 11.6 Å². The van der Waals surface area contributed by atoms with Crippen LogP contribution in [0.3, 0.4) is 0 Å². The van der Waals surface area contributed by atoms with Crippen LogP contribution in [-0.2, 0) is 6.54 Å². The highest BCUT2D eigenvalue weighted by atomic mass is 35.5. The van der Waals surface area contributed by atoms with Crippen molar-refractivity contribution in [3.8, 4) is 11.3 Å². The predicted molar refractivity (Wildman–Crippen MR) is 68.9 cm³/mol. The second-order valence-corrected chi connectivity index (χ2v) is 5.10. The normalized spacial score (nSPS) is 10.9. The summed E-state index contributed by atoms with van der Waals surface area (Å²) >= 11 is 7.42. The van der Waals surface area contributed by atoms with Crippen LogP contribution in [0.5, 0.6) is 0 Å². The van der Waals surface area contributed by atoms with E-state index < -0.39 is 0 Å². The molecule has 0 saturated carbocycles. The fourth-order valence-corrected chi connectivity index (χ4v) is 2.31. The standard InChI is InChI=1S/C11H14ClN3S/c1-2-3-13-6-11-14-5-9(15-11)8-4-10(12)16-7-8/h4-5,7,13H,2-3,6H2,1H3,(H,14,15). The molecule has 0 fully saturated rings. The van der Waals surface area contributed by atoms with Gasteiger partial charge in [-0.25, -0.2) is 4.98 Å². The minimum Gasteiger partial charge on any atom is -0.341 e. The van der Waals surface area contributed by atoms with Gasteiger partial charge in [0.25, 0.3) is 0 Å². The van der Waals surface area contributed by atoms with Gasteiger partial charge in [-0.2, -0.15) is 0 Å². The first-order valence-electron chi connectivity index (χ1n) is 5.28. The Balaban J connectivity index is 2.02. The highest BCUT2D eigenvalue weighted by molar-refractivity contribution is 7.14. The van der Waals surface area contributed by atoms with Gasteiger partial charge in [0, 0.05) is 10.9 Å². The third-order valence-corrected chi connectivity index (χ3v) is 3.32. The smallest absolute Gasteiger partial charge is 0.120 e. The lowest BCUT2D eigenvalue weighted by Crippen LogP contribution is -2.14. The van der Waals surface area contributed by atoms with Crippen LogP contribution in [-0.4, -0.2) is 16.5 Å². The maximum Gasteiger partial charge on any atom is 0.120 e. The Bertz CT molecular complexity index is 450. The van der Waals surface area contributed by atoms with Crippen LogP contribution in [0.2, 0.25) is 4.34 Å². The molecule has 0 aliphatic carbocycles. The molecule has 0 spiro atoms. The molecular weight excluding hydrogens is 242 g/mol. The van der Waals surface area contributed by atoms with Crippen molar-refractivity contribution in [3.05, 3.63) is 27.8 Å². The minimum atomic E-state index is 0.783. The average molecular weight is 256 g/mol. The molecule has 3 nitrogen and oxygen atoms in total. The summed E-state index contributed by atoms with van der Waals surface area (Å²) in [5.74, 6) is 0.964. The maximum atomic E-state index is 5.89. The monoisotopic (exact) mass is 255 g/mol. The number of aromatic amines is 1. The molecule has 0 amide bonds. The minimum absolute atomic E-state index is 0.783. The van der Waals surface area contributed by atoms with Crippen molar-refractivity contribution in [2.45, 2.75) is 19.9 Å². The van der Waals surface area contributed by atoms with Gasteiger partial charge in [-0.3, -0.25) is 0 Å². The molecule has 0 unspecified atom stereocenters. The van der Waals surface area contributed by atoms with E-state index in [2.05, 4.69) is 22.2 Å². The van der Waals surface area contributed by atoms with Gasteiger partial charge in [-0.05, 0) is 19.0 Å². The number of nitrogens with zero attached hydrogens (tertiary/aromatic N) is 1. The summed E-state index contributed by atoms with van der Waals surface area (Å²) in [4.78, 5) is 7.59. The van der Waals surface area contributed by atoms with Gasteiger partial charge in [-0.1, -0.05) is 18.5 Å². The van der Waals surface area contributed by atoms with Crippen molar-refractivity contribution in [1.29, 1.82) is 0 Å². The molecular formula is C11H14ClN3S. The van der Waals surface area contributed by atoms with E-state index >= 15 is 0 Å². The number of rotatable bonds is 5. The highest BCUT2D eigenvalue weighted by Gasteiger charge is 2.04. The summed E-state index contributed by atoms with van der Waals surface area (Å²) in [5, 5.41) is 5.33. The van der Waals surface area contributed by atoms with Gasteiger partial charge < -0.3 is 10.3 Å². The summed E-state index contributed by atoms with van der Waals surface area (Å²) in [7, 11) is 0. The molecule has 2 aromatic heterocycles. The van der Waals surface area contributed by atoms with Crippen molar-refractivity contribution in [2.24, 2.45) is 0 Å². The third-order valence-electron chi connectivity index (χ3n) is 2.23. The molecule has 86 valence electrons. The Labute approximate surface area is 104 Å². The molecule has 0 bridgehead atoms. The summed E-state index contributed by atoms with van der Waals surface area (Å²) in [6.45, 7) is 3.94. The molecule has 2 heterocycles. The highest BCUT2D eigenvalue weighted by Crippen LogP contribution is 2.27. The number of halogens is 1. The van der Waals surface area contributed by atoms with Crippen molar-refractivity contribution in [1.82, 2.24) is 15.3 Å². The SMILES string of the molecule is CCCNCc1ncc(-c2csc(Cl)c2)[nH]1. The van der Waals surface area contributed by atoms with E-state index in [0.717, 1.165) is 40.9 Å². The number of nitrogens with one attached hydrogen (secondary N) is 2. The van der Waals surface area contributed by atoms with Crippen molar-refractivity contribution >= 4 is 22.9 Å². The van der Waals surface area contributed by atoms with Crippen molar-refractivity contribution in [2.75, 3.05) is 6.54 Å². The summed E-state index contributed by atoms with van der Waals surface area (Å²) in [5.41, 5.74) is 2.13. The summed E-state index contributed by atoms with van der Waals surface area (Å²) in [6.07, 6.45) is 2.98. The van der Waals surface area contributed by atoms with Gasteiger partial charge in [0.2, 0.25) is 0 Å². The molecule has 0 aliphatic rings. The first-order chi connectivity index (χ1) is 7.79. The maximum absolute atomic E-state index is 5.89. The number of aromatic nitrogens is 2. The van der Waals surface area contributed by atoms with Crippen molar-refractivity contribution in [3.63, 3.8) is 0 Å². The third kappa shape index (κ3) is 2.84. The fourth-order valence-electron chi connectivity index (χ4n) is 1.43. The van der Waals surface area contributed by atoms with Crippen LogP contribution >= 0.6 is 22.9 Å². The molecule has 16 heavy (non-hydrogen) atoms. The molecule has 0 radical (unpaired) electrons. The number of hydrogen-bond donors (Lipinski definition) is 2. The lowest BCUT2D eigenvalue weighted by molar-refractivity contribution is 0.655. The van der Waals surface area contributed by atoms with Crippen LogP contribution in [0.25, 0.3) is 11.3 Å². The Kier molecular flexibility index (Phi) is 3.98. The fraction of sp³-hybridized carbons (Fsp3) is 0.364. The summed E-state index contributed by atoms with van der Waals surface area (Å²) in [6, 6.07) is 1.95. The van der Waals surface area contributed by atoms with Crippen LogP contribution in [0.15, 0.2) is 17.6 Å². The van der Waals surface area contributed by atoms with Crippen LogP contribution in [0.4, 0.5) is 0 Å². The first-order valence-corrected chi connectivity index (χ1v) is 6.54. The topological polar surface area (TPSA) is 40.7 Å². The first kappa shape index (κ1) is 11.6. The second-order valence-electron chi connectivity index (χ2n) is 3.56. The molecule has 2 rings (SSSR count). The number of thiophene rings is 1. The predicted octanol–water partition coefficient (Wildman–Crippen LogP) is 3.29. The molecule has 0 saturated heterocycles. The van der Waals surface area contributed by atoms with Gasteiger partial charge in [-0.15, -0.1) is 11.3 Å². The Morgan fingerprint density at radius 2 is 2.44 bits per heavy atom. The van der Waals surface area contributed by atoms with Gasteiger partial charge in [0.1, 0.15) is 5.82 Å². The molecule has 5 heteroatoms. The molecule has 2 N–H and O–H groups in total. The summed E-state index contributed by atoms with van der Waals surface area (Å²) < 4.78 is 0.801. The molecule has 0 atom stereocenters. The second kappa shape index (κ2) is 5.48. The van der Waals surface area contributed by atoms with Crippen molar-refractivity contribution < 1.29 is 0 Å².